The minimum absolute atomic E-state index is 0.119. The Morgan fingerprint density at radius 2 is 1.82 bits per heavy atom. The molecule has 0 aromatic carbocycles. The molecular weight excluding hydrogens is 498 g/mol. The summed E-state index contributed by atoms with van der Waals surface area (Å²) in [7, 11) is 0. The zero-order valence-corrected chi connectivity index (χ0v) is 25.6. The van der Waals surface area contributed by atoms with Gasteiger partial charge in [0.15, 0.2) is 0 Å². The summed E-state index contributed by atoms with van der Waals surface area (Å²) in [5.41, 5.74) is 3.32. The zero-order chi connectivity index (χ0) is 27.5. The van der Waals surface area contributed by atoms with Crippen molar-refractivity contribution in [2.75, 3.05) is 18.8 Å². The molecule has 9 unspecified atom stereocenters. The zero-order valence-electron chi connectivity index (χ0n) is 24.7. The minimum Gasteiger partial charge on any atom is -0.393 e. The molecule has 4 saturated carbocycles. The molecule has 0 radical (unpaired) electrons. The SMILES string of the molecule is C=C(CCCS)C1CCC2C3C(O)CC4CC(NCCCCNCc5ccccn5)CCC4(C)C3CCC12C. The van der Waals surface area contributed by atoms with Crippen LogP contribution in [0.25, 0.3) is 0 Å². The first kappa shape index (κ1) is 29.6. The molecule has 0 amide bonds. The standard InChI is InChI=1S/C34H55N3OS/c1-24(9-8-20-39)28-11-12-29-32-30(14-16-34(28,29)3)33(2)15-13-26(21-25(33)22-31(32)38)36-19-7-6-17-35-23-27-10-4-5-18-37-27/h4-5,10,18,25-26,28-32,35-36,38-39H,1,6-9,11-17,19-23H2,2-3H3. The predicted molar refractivity (Wildman–Crippen MR) is 166 cm³/mol. The fraction of sp³-hybridized carbons (Fsp3) is 0.794. The molecule has 4 fully saturated rings. The van der Waals surface area contributed by atoms with Crippen LogP contribution in [-0.2, 0) is 6.54 Å². The van der Waals surface area contributed by atoms with Gasteiger partial charge in [0.05, 0.1) is 11.8 Å². The maximum atomic E-state index is 11.7. The third-order valence-corrected chi connectivity index (χ3v) is 12.4. The van der Waals surface area contributed by atoms with Crippen LogP contribution in [0.3, 0.4) is 0 Å². The Hall–Kier alpha value is -0.880. The van der Waals surface area contributed by atoms with Gasteiger partial charge in [0.2, 0.25) is 0 Å². The van der Waals surface area contributed by atoms with Gasteiger partial charge in [-0.1, -0.05) is 32.1 Å². The van der Waals surface area contributed by atoms with E-state index in [0.717, 1.165) is 50.3 Å². The lowest BCUT2D eigenvalue weighted by Crippen LogP contribution is -2.59. The van der Waals surface area contributed by atoms with E-state index in [9.17, 15) is 5.11 Å². The molecule has 1 aromatic rings. The molecule has 39 heavy (non-hydrogen) atoms. The van der Waals surface area contributed by atoms with Crippen LogP contribution in [-0.4, -0.2) is 41.1 Å². The van der Waals surface area contributed by atoms with Gasteiger partial charge in [0.1, 0.15) is 0 Å². The number of rotatable bonds is 12. The molecule has 0 saturated heterocycles. The third kappa shape index (κ3) is 6.17. The number of unbranched alkanes of at least 4 members (excludes halogenated alkanes) is 1. The van der Waals surface area contributed by atoms with Crippen LogP contribution in [0.15, 0.2) is 36.5 Å². The Morgan fingerprint density at radius 1 is 1.03 bits per heavy atom. The number of fused-ring (bicyclic) bond motifs is 5. The highest BCUT2D eigenvalue weighted by Gasteiger charge is 2.62. The number of nitrogens with zero attached hydrogens (tertiary/aromatic N) is 1. The van der Waals surface area contributed by atoms with Crippen LogP contribution in [0.1, 0.15) is 96.6 Å². The second kappa shape index (κ2) is 13.0. The number of hydrogen-bond acceptors (Lipinski definition) is 5. The first-order valence-corrected chi connectivity index (χ1v) is 16.8. The van der Waals surface area contributed by atoms with E-state index in [-0.39, 0.29) is 6.10 Å². The van der Waals surface area contributed by atoms with Crippen LogP contribution in [0.2, 0.25) is 0 Å². The van der Waals surface area contributed by atoms with E-state index in [1.165, 1.54) is 63.4 Å². The molecule has 0 spiro atoms. The number of nitrogens with one attached hydrogen (secondary N) is 2. The number of aromatic nitrogens is 1. The van der Waals surface area contributed by atoms with Gasteiger partial charge in [-0.15, -0.1) is 0 Å². The highest BCUT2D eigenvalue weighted by molar-refractivity contribution is 7.80. The van der Waals surface area contributed by atoms with Crippen molar-refractivity contribution in [1.82, 2.24) is 15.6 Å². The van der Waals surface area contributed by atoms with Crippen LogP contribution >= 0.6 is 12.6 Å². The lowest BCUT2D eigenvalue weighted by Gasteiger charge is -2.62. The van der Waals surface area contributed by atoms with Crippen LogP contribution in [0, 0.1) is 40.4 Å². The van der Waals surface area contributed by atoms with Crippen LogP contribution in [0.5, 0.6) is 0 Å². The van der Waals surface area contributed by atoms with E-state index in [1.54, 1.807) is 0 Å². The molecule has 5 rings (SSSR count). The van der Waals surface area contributed by atoms with E-state index < -0.39 is 0 Å². The molecule has 9 atom stereocenters. The predicted octanol–water partition coefficient (Wildman–Crippen LogP) is 6.81. The molecule has 4 aliphatic rings. The lowest BCUT2D eigenvalue weighted by molar-refractivity contribution is -0.163. The normalized spacial score (nSPS) is 39.5. The van der Waals surface area contributed by atoms with Gasteiger partial charge in [-0.25, -0.2) is 0 Å². The summed E-state index contributed by atoms with van der Waals surface area (Å²) >= 11 is 4.45. The van der Waals surface area contributed by atoms with Gasteiger partial charge in [-0.3, -0.25) is 4.98 Å². The Morgan fingerprint density at radius 3 is 2.62 bits per heavy atom. The molecule has 0 bridgehead atoms. The Balaban J connectivity index is 1.10. The topological polar surface area (TPSA) is 57.2 Å². The van der Waals surface area contributed by atoms with Gasteiger partial charge in [-0.2, -0.15) is 12.6 Å². The summed E-state index contributed by atoms with van der Waals surface area (Å²) in [6.45, 7) is 12.8. The fourth-order valence-corrected chi connectivity index (χ4v) is 10.1. The molecule has 0 aliphatic heterocycles. The molecule has 218 valence electrons. The summed E-state index contributed by atoms with van der Waals surface area (Å²) in [4.78, 5) is 4.38. The molecule has 5 heteroatoms. The summed E-state index contributed by atoms with van der Waals surface area (Å²) in [6, 6.07) is 6.72. The van der Waals surface area contributed by atoms with E-state index in [4.69, 9.17) is 0 Å². The Labute approximate surface area is 244 Å². The molecule has 4 aliphatic carbocycles. The van der Waals surface area contributed by atoms with Crippen molar-refractivity contribution < 1.29 is 5.11 Å². The first-order chi connectivity index (χ1) is 18.9. The second-order valence-corrected chi connectivity index (χ2v) is 14.5. The molecule has 4 nitrogen and oxygen atoms in total. The lowest BCUT2D eigenvalue weighted by atomic mass is 9.43. The van der Waals surface area contributed by atoms with Crippen molar-refractivity contribution in [2.24, 2.45) is 40.4 Å². The molecule has 3 N–H and O–H groups in total. The maximum absolute atomic E-state index is 11.7. The smallest absolute Gasteiger partial charge is 0.0577 e. The number of hydrogen-bond donors (Lipinski definition) is 4. The average Bonchev–Trinajstić information content (AvgIpc) is 3.29. The fourth-order valence-electron chi connectivity index (χ4n) is 9.96. The molecule has 1 heterocycles. The second-order valence-electron chi connectivity index (χ2n) is 14.1. The van der Waals surface area contributed by atoms with E-state index in [0.29, 0.717) is 46.5 Å². The Bertz CT molecular complexity index is 942. The average molecular weight is 554 g/mol. The van der Waals surface area contributed by atoms with E-state index >= 15 is 0 Å². The van der Waals surface area contributed by atoms with Gasteiger partial charge in [0.25, 0.3) is 0 Å². The summed E-state index contributed by atoms with van der Waals surface area (Å²) in [6.07, 6.45) is 16.5. The third-order valence-electron chi connectivity index (χ3n) is 12.1. The molecular formula is C34H55N3OS. The first-order valence-electron chi connectivity index (χ1n) is 16.2. The number of aliphatic hydroxyl groups is 1. The quantitative estimate of drug-likeness (QED) is 0.131. The largest absolute Gasteiger partial charge is 0.393 e. The van der Waals surface area contributed by atoms with Crippen molar-refractivity contribution >= 4 is 12.6 Å². The molecule has 1 aromatic heterocycles. The summed E-state index contributed by atoms with van der Waals surface area (Å²) in [5, 5.41) is 19.1. The number of thiol groups is 1. The highest BCUT2D eigenvalue weighted by Crippen LogP contribution is 2.68. The number of pyridine rings is 1. The van der Waals surface area contributed by atoms with Crippen molar-refractivity contribution in [3.63, 3.8) is 0 Å². The summed E-state index contributed by atoms with van der Waals surface area (Å²) < 4.78 is 0. The monoisotopic (exact) mass is 553 g/mol. The van der Waals surface area contributed by atoms with E-state index in [2.05, 4.69) is 60.8 Å². The van der Waals surface area contributed by atoms with Crippen molar-refractivity contribution in [3.05, 3.63) is 42.2 Å². The Kier molecular flexibility index (Phi) is 9.84. The highest BCUT2D eigenvalue weighted by atomic mass is 32.1. The minimum atomic E-state index is -0.119. The van der Waals surface area contributed by atoms with Crippen molar-refractivity contribution in [3.8, 4) is 0 Å². The van der Waals surface area contributed by atoms with Crippen molar-refractivity contribution in [1.29, 1.82) is 0 Å². The maximum Gasteiger partial charge on any atom is 0.0577 e. The van der Waals surface area contributed by atoms with E-state index in [1.807, 2.05) is 12.3 Å². The van der Waals surface area contributed by atoms with Gasteiger partial charge in [-0.05, 0) is 148 Å². The van der Waals surface area contributed by atoms with Gasteiger partial charge < -0.3 is 15.7 Å². The summed E-state index contributed by atoms with van der Waals surface area (Å²) in [5.74, 6) is 4.12. The van der Waals surface area contributed by atoms with Crippen molar-refractivity contribution in [2.45, 2.75) is 110 Å². The van der Waals surface area contributed by atoms with Gasteiger partial charge in [0, 0.05) is 18.8 Å². The number of aliphatic hydroxyl groups excluding tert-OH is 1. The number of allylic oxidation sites excluding steroid dienone is 1. The van der Waals surface area contributed by atoms with Crippen LogP contribution < -0.4 is 10.6 Å². The van der Waals surface area contributed by atoms with Crippen LogP contribution in [0.4, 0.5) is 0 Å². The van der Waals surface area contributed by atoms with Gasteiger partial charge >= 0.3 is 0 Å².